The van der Waals surface area contributed by atoms with Gasteiger partial charge in [0, 0.05) is 25.7 Å². The van der Waals surface area contributed by atoms with Gasteiger partial charge in [0.15, 0.2) is 12.2 Å². The Balaban J connectivity index is 5.17. The minimum atomic E-state index is -4.96. The molecule has 0 saturated carbocycles. The molecule has 0 rings (SSSR count). The number of rotatable bonds is 82. The molecule has 0 aromatic carbocycles. The van der Waals surface area contributed by atoms with Crippen LogP contribution in [0.3, 0.4) is 0 Å². The summed E-state index contributed by atoms with van der Waals surface area (Å²) in [5, 5.41) is 10.6. The lowest BCUT2D eigenvalue weighted by atomic mass is 10.0. The number of carbonyl (C=O) groups is 4. The van der Waals surface area contributed by atoms with Crippen LogP contribution in [0.25, 0.3) is 0 Å². The van der Waals surface area contributed by atoms with Gasteiger partial charge in [0.2, 0.25) is 0 Å². The number of phosphoric ester groups is 2. The van der Waals surface area contributed by atoms with Crippen LogP contribution in [-0.4, -0.2) is 96.7 Å². The summed E-state index contributed by atoms with van der Waals surface area (Å²) in [6.07, 6.45) is 66.8. The van der Waals surface area contributed by atoms with Crippen molar-refractivity contribution in [3.63, 3.8) is 0 Å². The minimum absolute atomic E-state index is 0.108. The van der Waals surface area contributed by atoms with E-state index in [1.54, 1.807) is 0 Å². The topological polar surface area (TPSA) is 237 Å². The third kappa shape index (κ3) is 76.1. The second kappa shape index (κ2) is 74.9. The monoisotopic (exact) mass is 1480 g/mol. The van der Waals surface area contributed by atoms with Crippen LogP contribution in [0.4, 0.5) is 0 Å². The van der Waals surface area contributed by atoms with Gasteiger partial charge in [-0.3, -0.25) is 37.3 Å². The van der Waals surface area contributed by atoms with E-state index in [1.165, 1.54) is 250 Å². The molecule has 101 heavy (non-hydrogen) atoms. The van der Waals surface area contributed by atoms with Crippen molar-refractivity contribution in [2.24, 2.45) is 5.92 Å². The van der Waals surface area contributed by atoms with Gasteiger partial charge in [-0.2, -0.15) is 0 Å². The summed E-state index contributed by atoms with van der Waals surface area (Å²) in [5.74, 6) is -1.30. The second-order valence-corrected chi connectivity index (χ2v) is 32.9. The first-order valence-electron chi connectivity index (χ1n) is 42.6. The Morgan fingerprint density at radius 2 is 0.455 bits per heavy atom. The molecule has 0 radical (unpaired) electrons. The minimum Gasteiger partial charge on any atom is -0.462 e. The molecular weight excluding hydrogens is 1320 g/mol. The van der Waals surface area contributed by atoms with Gasteiger partial charge in [-0.15, -0.1) is 0 Å². The largest absolute Gasteiger partial charge is 0.472 e. The van der Waals surface area contributed by atoms with Crippen LogP contribution in [0.2, 0.25) is 0 Å². The molecule has 0 aliphatic rings. The molecule has 0 aromatic rings. The van der Waals surface area contributed by atoms with E-state index in [1.807, 2.05) is 0 Å². The summed E-state index contributed by atoms with van der Waals surface area (Å²) in [7, 11) is -9.91. The van der Waals surface area contributed by atoms with Crippen LogP contribution in [-0.2, 0) is 65.4 Å². The summed E-state index contributed by atoms with van der Waals surface area (Å²) in [5.41, 5.74) is 0. The highest BCUT2D eigenvalue weighted by Gasteiger charge is 2.30. The van der Waals surface area contributed by atoms with E-state index in [4.69, 9.17) is 37.0 Å². The van der Waals surface area contributed by atoms with Crippen LogP contribution >= 0.6 is 15.6 Å². The summed E-state index contributed by atoms with van der Waals surface area (Å²) < 4.78 is 68.7. The first kappa shape index (κ1) is 99.1. The van der Waals surface area contributed by atoms with Crippen molar-refractivity contribution in [3.05, 3.63) is 0 Å². The summed E-state index contributed by atoms with van der Waals surface area (Å²) in [6, 6.07) is 0. The van der Waals surface area contributed by atoms with Gasteiger partial charge in [-0.05, 0) is 31.6 Å². The van der Waals surface area contributed by atoms with Crippen LogP contribution in [0.15, 0.2) is 0 Å². The maximum absolute atomic E-state index is 13.1. The number of hydrogen-bond acceptors (Lipinski definition) is 15. The van der Waals surface area contributed by atoms with Gasteiger partial charge in [-0.1, -0.05) is 388 Å². The molecule has 17 nitrogen and oxygen atoms in total. The number of aliphatic hydroxyl groups excluding tert-OH is 1. The Labute approximate surface area is 619 Å². The van der Waals surface area contributed by atoms with Crippen molar-refractivity contribution in [1.82, 2.24) is 0 Å². The molecule has 0 aliphatic carbocycles. The number of carbonyl (C=O) groups excluding carboxylic acids is 4. The predicted octanol–water partition coefficient (Wildman–Crippen LogP) is 24.8. The fourth-order valence-electron chi connectivity index (χ4n) is 12.8. The molecule has 3 N–H and O–H groups in total. The molecule has 0 saturated heterocycles. The molecular formula is C82H160O17P2. The van der Waals surface area contributed by atoms with E-state index < -0.39 is 97.5 Å². The normalized spacial score (nSPS) is 13.8. The predicted molar refractivity (Wildman–Crippen MR) is 414 cm³/mol. The summed E-state index contributed by atoms with van der Waals surface area (Å²) in [6.45, 7) is 7.33. The first-order chi connectivity index (χ1) is 49.0. The lowest BCUT2D eigenvalue weighted by Gasteiger charge is -2.21. The van der Waals surface area contributed by atoms with Gasteiger partial charge in [0.1, 0.15) is 19.3 Å². The average molecular weight is 1480 g/mol. The number of ether oxygens (including phenoxy) is 4. The summed E-state index contributed by atoms with van der Waals surface area (Å²) in [4.78, 5) is 72.9. The highest BCUT2D eigenvalue weighted by atomic mass is 31.2. The molecule has 0 amide bonds. The fraction of sp³-hybridized carbons (Fsp3) is 0.951. The molecule has 0 heterocycles. The molecule has 19 heteroatoms. The lowest BCUT2D eigenvalue weighted by molar-refractivity contribution is -0.161. The van der Waals surface area contributed by atoms with E-state index in [2.05, 4.69) is 34.6 Å². The van der Waals surface area contributed by atoms with E-state index in [-0.39, 0.29) is 25.7 Å². The molecule has 0 aliphatic heterocycles. The van der Waals surface area contributed by atoms with Gasteiger partial charge < -0.3 is 33.8 Å². The van der Waals surface area contributed by atoms with Crippen molar-refractivity contribution < 1.29 is 80.2 Å². The summed E-state index contributed by atoms with van der Waals surface area (Å²) >= 11 is 0. The van der Waals surface area contributed by atoms with Crippen molar-refractivity contribution in [2.75, 3.05) is 39.6 Å². The molecule has 2 unspecified atom stereocenters. The molecule has 600 valence electrons. The van der Waals surface area contributed by atoms with Gasteiger partial charge in [-0.25, -0.2) is 9.13 Å². The van der Waals surface area contributed by atoms with Crippen LogP contribution in [0, 0.1) is 5.92 Å². The maximum Gasteiger partial charge on any atom is 0.472 e. The lowest BCUT2D eigenvalue weighted by Crippen LogP contribution is -2.30. The number of aliphatic hydroxyl groups is 1. The zero-order chi connectivity index (χ0) is 74.1. The smallest absolute Gasteiger partial charge is 0.462 e. The van der Waals surface area contributed by atoms with Crippen LogP contribution < -0.4 is 0 Å². The Morgan fingerprint density at radius 3 is 0.673 bits per heavy atom. The fourth-order valence-corrected chi connectivity index (χ4v) is 14.3. The SMILES string of the molecule is CCCCCCCCCCCCCCCCCCCCC(=O)OC[C@H](COP(=O)(O)OC[C@@H](O)COP(=O)(O)OC[C@@H](COC(=O)CCCCCCCCC)OC(=O)CCCCCCCCCCCCCCCCCCC)OC(=O)CCCCCCCCCCCCCCCCCCC(C)C. The number of phosphoric acid groups is 2. The zero-order valence-corrected chi connectivity index (χ0v) is 67.8. The molecule has 0 fully saturated rings. The highest BCUT2D eigenvalue weighted by molar-refractivity contribution is 7.47. The molecule has 0 bridgehead atoms. The maximum atomic E-state index is 13.1. The van der Waals surface area contributed by atoms with Gasteiger partial charge in [0.25, 0.3) is 0 Å². The third-order valence-electron chi connectivity index (χ3n) is 19.3. The van der Waals surface area contributed by atoms with Crippen LogP contribution in [0.5, 0.6) is 0 Å². The number of esters is 4. The van der Waals surface area contributed by atoms with E-state index in [0.29, 0.717) is 25.7 Å². The average Bonchev–Trinajstić information content (AvgIpc) is 1.02. The molecule has 5 atom stereocenters. The van der Waals surface area contributed by atoms with E-state index >= 15 is 0 Å². The second-order valence-electron chi connectivity index (χ2n) is 30.0. The first-order valence-corrected chi connectivity index (χ1v) is 45.6. The van der Waals surface area contributed by atoms with Gasteiger partial charge in [0.05, 0.1) is 26.4 Å². The third-order valence-corrected chi connectivity index (χ3v) is 21.2. The Hall–Kier alpha value is -1.94. The Bertz CT molecular complexity index is 1930. The molecule has 0 spiro atoms. The van der Waals surface area contributed by atoms with Crippen molar-refractivity contribution in [1.29, 1.82) is 0 Å². The quantitative estimate of drug-likeness (QED) is 0.0222. The number of unbranched alkanes of at least 4 members (excludes halogenated alkanes) is 54. The highest BCUT2D eigenvalue weighted by Crippen LogP contribution is 2.45. The van der Waals surface area contributed by atoms with E-state index in [0.717, 1.165) is 109 Å². The Morgan fingerprint density at radius 1 is 0.267 bits per heavy atom. The number of hydrogen-bond donors (Lipinski definition) is 3. The molecule has 0 aromatic heterocycles. The van der Waals surface area contributed by atoms with Crippen molar-refractivity contribution in [2.45, 2.75) is 457 Å². The standard InChI is InChI=1S/C82H160O17P2/c1-6-9-12-15-18-20-22-24-26-28-30-34-38-42-46-51-56-61-66-80(85)93-72-78(99-82(87)68-63-58-53-48-44-40-36-32-31-33-37-41-45-50-54-59-64-75(4)5)74-97-101(90,91)95-70-76(83)69-94-100(88,89)96-73-77(71-92-79(84)65-60-55-49-17-14-11-8-3)98-81(86)67-62-57-52-47-43-39-35-29-27-25-23-21-19-16-13-10-7-2/h75-78,83H,6-74H2,1-5H3,(H,88,89)(H,90,91)/t76-,77+,78+/m0/s1. The van der Waals surface area contributed by atoms with E-state index in [9.17, 15) is 43.2 Å². The Kier molecular flexibility index (Phi) is 73.5. The van der Waals surface area contributed by atoms with Crippen molar-refractivity contribution in [3.8, 4) is 0 Å². The van der Waals surface area contributed by atoms with Crippen molar-refractivity contribution >= 4 is 39.5 Å². The van der Waals surface area contributed by atoms with Gasteiger partial charge >= 0.3 is 39.5 Å². The zero-order valence-electron chi connectivity index (χ0n) is 66.1. The van der Waals surface area contributed by atoms with Crippen LogP contribution in [0.1, 0.15) is 439 Å².